The fourth-order valence-electron chi connectivity index (χ4n) is 1.27. The molecule has 0 aromatic heterocycles. The van der Waals surface area contributed by atoms with Crippen LogP contribution in [0, 0.1) is 5.92 Å². The summed E-state index contributed by atoms with van der Waals surface area (Å²) in [5.41, 5.74) is 5.54. The van der Waals surface area contributed by atoms with E-state index >= 15 is 0 Å². The Morgan fingerprint density at radius 1 is 1.47 bits per heavy atom. The molecular formula is C11H25N3O. The number of nitrogens with zero attached hydrogens (tertiary/aromatic N) is 1. The van der Waals surface area contributed by atoms with Crippen LogP contribution < -0.4 is 11.1 Å². The lowest BCUT2D eigenvalue weighted by atomic mass is 10.0. The highest BCUT2D eigenvalue weighted by Crippen LogP contribution is 2.04. The number of likely N-dealkylation sites (N-methyl/N-ethyl adjacent to an activating group) is 1. The first kappa shape index (κ1) is 14.4. The van der Waals surface area contributed by atoms with Gasteiger partial charge in [0.25, 0.3) is 0 Å². The van der Waals surface area contributed by atoms with Crippen LogP contribution >= 0.6 is 0 Å². The summed E-state index contributed by atoms with van der Waals surface area (Å²) in [6.45, 7) is 7.40. The highest BCUT2D eigenvalue weighted by atomic mass is 16.1. The van der Waals surface area contributed by atoms with E-state index < -0.39 is 0 Å². The molecule has 1 atom stereocenters. The number of hydrogen-bond donors (Lipinski definition) is 2. The zero-order chi connectivity index (χ0) is 11.7. The maximum absolute atomic E-state index is 11.5. The third kappa shape index (κ3) is 7.33. The molecule has 0 aliphatic rings. The summed E-state index contributed by atoms with van der Waals surface area (Å²) >= 11 is 0. The first-order valence-electron chi connectivity index (χ1n) is 5.79. The van der Waals surface area contributed by atoms with Crippen LogP contribution in [0.15, 0.2) is 0 Å². The van der Waals surface area contributed by atoms with E-state index in [1.165, 1.54) is 0 Å². The molecule has 0 rings (SSSR count). The van der Waals surface area contributed by atoms with E-state index in [0.717, 1.165) is 26.1 Å². The molecule has 1 amide bonds. The predicted octanol–water partition coefficient (Wildman–Crippen LogP) is 0.429. The lowest BCUT2D eigenvalue weighted by molar-refractivity contribution is -0.122. The van der Waals surface area contributed by atoms with Gasteiger partial charge in [0.2, 0.25) is 5.91 Å². The molecule has 0 aromatic rings. The third-order valence-electron chi connectivity index (χ3n) is 2.74. The monoisotopic (exact) mass is 215 g/mol. The van der Waals surface area contributed by atoms with E-state index in [0.29, 0.717) is 18.9 Å². The van der Waals surface area contributed by atoms with Gasteiger partial charge in [-0.15, -0.1) is 0 Å². The SMILES string of the molecule is CCC(CN)CC(=O)NCCN(C)CC. The second kappa shape index (κ2) is 8.68. The van der Waals surface area contributed by atoms with Crippen LogP contribution in [0.1, 0.15) is 26.7 Å². The van der Waals surface area contributed by atoms with E-state index in [-0.39, 0.29) is 5.91 Å². The predicted molar refractivity (Wildman–Crippen MR) is 63.6 cm³/mol. The van der Waals surface area contributed by atoms with Gasteiger partial charge in [-0.05, 0) is 26.1 Å². The summed E-state index contributed by atoms with van der Waals surface area (Å²) in [7, 11) is 2.04. The molecule has 1 unspecified atom stereocenters. The zero-order valence-electron chi connectivity index (χ0n) is 10.3. The topological polar surface area (TPSA) is 58.4 Å². The highest BCUT2D eigenvalue weighted by molar-refractivity contribution is 5.76. The van der Waals surface area contributed by atoms with Crippen LogP contribution in [0.3, 0.4) is 0 Å². The Kier molecular flexibility index (Phi) is 8.33. The van der Waals surface area contributed by atoms with E-state index in [1.54, 1.807) is 0 Å². The average Bonchev–Trinajstić information content (AvgIpc) is 2.25. The number of nitrogens with one attached hydrogen (secondary N) is 1. The lowest BCUT2D eigenvalue weighted by Crippen LogP contribution is -2.34. The Morgan fingerprint density at radius 2 is 2.13 bits per heavy atom. The van der Waals surface area contributed by atoms with Crippen molar-refractivity contribution in [2.45, 2.75) is 26.7 Å². The lowest BCUT2D eigenvalue weighted by Gasteiger charge is -2.15. The van der Waals surface area contributed by atoms with Gasteiger partial charge >= 0.3 is 0 Å². The van der Waals surface area contributed by atoms with Crippen LogP contribution in [-0.2, 0) is 4.79 Å². The molecule has 0 aromatic carbocycles. The summed E-state index contributed by atoms with van der Waals surface area (Å²) in [6.07, 6.45) is 1.53. The first-order chi connectivity index (χ1) is 7.13. The summed E-state index contributed by atoms with van der Waals surface area (Å²) < 4.78 is 0. The highest BCUT2D eigenvalue weighted by Gasteiger charge is 2.09. The Bertz CT molecular complexity index is 169. The molecule has 4 heteroatoms. The smallest absolute Gasteiger partial charge is 0.220 e. The Hall–Kier alpha value is -0.610. The van der Waals surface area contributed by atoms with Gasteiger partial charge in [0.1, 0.15) is 0 Å². The maximum Gasteiger partial charge on any atom is 0.220 e. The minimum atomic E-state index is 0.122. The van der Waals surface area contributed by atoms with Gasteiger partial charge in [-0.3, -0.25) is 4.79 Å². The van der Waals surface area contributed by atoms with Gasteiger partial charge in [-0.2, -0.15) is 0 Å². The number of amides is 1. The van der Waals surface area contributed by atoms with Crippen molar-refractivity contribution >= 4 is 5.91 Å². The van der Waals surface area contributed by atoms with Gasteiger partial charge in [-0.25, -0.2) is 0 Å². The Balaban J connectivity index is 3.56. The van der Waals surface area contributed by atoms with Crippen molar-refractivity contribution in [2.24, 2.45) is 11.7 Å². The molecular weight excluding hydrogens is 190 g/mol. The van der Waals surface area contributed by atoms with Crippen LogP contribution in [0.2, 0.25) is 0 Å². The fourth-order valence-corrected chi connectivity index (χ4v) is 1.27. The van der Waals surface area contributed by atoms with Gasteiger partial charge < -0.3 is 16.0 Å². The van der Waals surface area contributed by atoms with Crippen molar-refractivity contribution in [3.05, 3.63) is 0 Å². The third-order valence-corrected chi connectivity index (χ3v) is 2.74. The second-order valence-corrected chi connectivity index (χ2v) is 3.96. The molecule has 3 N–H and O–H groups in total. The maximum atomic E-state index is 11.5. The standard InChI is InChI=1S/C11H25N3O/c1-4-10(9-12)8-11(15)13-6-7-14(3)5-2/h10H,4-9,12H2,1-3H3,(H,13,15). The van der Waals surface area contributed by atoms with Crippen LogP contribution in [0.5, 0.6) is 0 Å². The summed E-state index contributed by atoms with van der Waals surface area (Å²) in [6, 6.07) is 0. The number of rotatable bonds is 8. The molecule has 0 aliphatic carbocycles. The molecule has 0 aliphatic heterocycles. The number of nitrogens with two attached hydrogens (primary N) is 1. The van der Waals surface area contributed by atoms with Gasteiger partial charge in [0.15, 0.2) is 0 Å². The quantitative estimate of drug-likeness (QED) is 0.617. The molecule has 4 nitrogen and oxygen atoms in total. The molecule has 0 saturated heterocycles. The second-order valence-electron chi connectivity index (χ2n) is 3.96. The minimum absolute atomic E-state index is 0.122. The minimum Gasteiger partial charge on any atom is -0.355 e. The summed E-state index contributed by atoms with van der Waals surface area (Å²) in [5.74, 6) is 0.450. The van der Waals surface area contributed by atoms with Gasteiger partial charge in [0, 0.05) is 19.5 Å². The number of carbonyl (C=O) groups is 1. The number of carbonyl (C=O) groups excluding carboxylic acids is 1. The fraction of sp³-hybridized carbons (Fsp3) is 0.909. The molecule has 0 fully saturated rings. The molecule has 90 valence electrons. The molecule has 0 saturated carbocycles. The van der Waals surface area contributed by atoms with Crippen molar-refractivity contribution < 1.29 is 4.79 Å². The van der Waals surface area contributed by atoms with E-state index in [9.17, 15) is 4.79 Å². The van der Waals surface area contributed by atoms with E-state index in [2.05, 4.69) is 24.1 Å². The molecule has 0 spiro atoms. The summed E-state index contributed by atoms with van der Waals surface area (Å²) in [4.78, 5) is 13.6. The van der Waals surface area contributed by atoms with Crippen molar-refractivity contribution in [1.82, 2.24) is 10.2 Å². The van der Waals surface area contributed by atoms with E-state index in [1.807, 2.05) is 7.05 Å². The number of hydrogen-bond acceptors (Lipinski definition) is 3. The summed E-state index contributed by atoms with van der Waals surface area (Å²) in [5, 5.41) is 2.91. The Morgan fingerprint density at radius 3 is 2.60 bits per heavy atom. The average molecular weight is 215 g/mol. The molecule has 15 heavy (non-hydrogen) atoms. The van der Waals surface area contributed by atoms with Gasteiger partial charge in [-0.1, -0.05) is 20.3 Å². The largest absolute Gasteiger partial charge is 0.355 e. The zero-order valence-corrected chi connectivity index (χ0v) is 10.3. The normalized spacial score (nSPS) is 12.9. The Labute approximate surface area is 93.2 Å². The molecule has 0 bridgehead atoms. The van der Waals surface area contributed by atoms with Crippen molar-refractivity contribution in [3.8, 4) is 0 Å². The van der Waals surface area contributed by atoms with Crippen molar-refractivity contribution in [2.75, 3.05) is 33.2 Å². The molecule has 0 radical (unpaired) electrons. The van der Waals surface area contributed by atoms with Crippen LogP contribution in [-0.4, -0.2) is 44.0 Å². The van der Waals surface area contributed by atoms with Crippen molar-refractivity contribution in [3.63, 3.8) is 0 Å². The van der Waals surface area contributed by atoms with Crippen LogP contribution in [0.25, 0.3) is 0 Å². The first-order valence-corrected chi connectivity index (χ1v) is 5.79. The van der Waals surface area contributed by atoms with Crippen LogP contribution in [0.4, 0.5) is 0 Å². The van der Waals surface area contributed by atoms with Gasteiger partial charge in [0.05, 0.1) is 0 Å². The van der Waals surface area contributed by atoms with Crippen molar-refractivity contribution in [1.29, 1.82) is 0 Å². The molecule has 0 heterocycles. The van der Waals surface area contributed by atoms with E-state index in [4.69, 9.17) is 5.73 Å².